The lowest BCUT2D eigenvalue weighted by atomic mass is 9.98. The summed E-state index contributed by atoms with van der Waals surface area (Å²) < 4.78 is 1.28. The minimum absolute atomic E-state index is 0.309. The molecule has 0 aliphatic carbocycles. The van der Waals surface area contributed by atoms with Gasteiger partial charge in [0.1, 0.15) is 11.5 Å². The molecule has 0 radical (unpaired) electrons. The monoisotopic (exact) mass is 266 g/mol. The average Bonchev–Trinajstić information content (AvgIpc) is 2.61. The van der Waals surface area contributed by atoms with E-state index in [1.54, 1.807) is 27.7 Å². The quantitative estimate of drug-likeness (QED) is 0.767. The lowest BCUT2D eigenvalue weighted by Crippen LogP contribution is -2.33. The smallest absolute Gasteiger partial charge is 0.334 e. The van der Waals surface area contributed by atoms with Gasteiger partial charge in [-0.25, -0.2) is 9.78 Å². The lowest BCUT2D eigenvalue weighted by molar-refractivity contribution is -0.153. The first-order chi connectivity index (χ1) is 8.81. The van der Waals surface area contributed by atoms with E-state index in [0.29, 0.717) is 29.9 Å². The van der Waals surface area contributed by atoms with Crippen molar-refractivity contribution in [3.8, 4) is 0 Å². The van der Waals surface area contributed by atoms with Gasteiger partial charge >= 0.3 is 5.97 Å². The largest absolute Gasteiger partial charge is 0.338 e. The second kappa shape index (κ2) is 5.99. The Balaban J connectivity index is 3.08. The van der Waals surface area contributed by atoms with Crippen LogP contribution in [-0.4, -0.2) is 22.0 Å². The normalized spacial score (nSPS) is 11.4. The molecule has 1 aromatic heterocycles. The van der Waals surface area contributed by atoms with Crippen LogP contribution in [0.3, 0.4) is 0 Å². The second-order valence-corrected chi connectivity index (χ2v) is 5.64. The van der Waals surface area contributed by atoms with Crippen LogP contribution in [0.4, 0.5) is 0 Å². The van der Waals surface area contributed by atoms with Crippen molar-refractivity contribution in [1.82, 2.24) is 9.71 Å². The highest BCUT2D eigenvalue weighted by Crippen LogP contribution is 2.16. The van der Waals surface area contributed by atoms with Gasteiger partial charge < -0.3 is 4.84 Å². The third kappa shape index (κ3) is 3.66. The Morgan fingerprint density at radius 3 is 2.53 bits per heavy atom. The summed E-state index contributed by atoms with van der Waals surface area (Å²) in [7, 11) is 0. The van der Waals surface area contributed by atoms with Gasteiger partial charge in [0, 0.05) is 6.42 Å². The molecule has 0 saturated carbocycles. The van der Waals surface area contributed by atoms with Gasteiger partial charge in [0.25, 0.3) is 0 Å². The van der Waals surface area contributed by atoms with Crippen molar-refractivity contribution in [3.63, 3.8) is 0 Å². The Hall–Kier alpha value is -1.65. The van der Waals surface area contributed by atoms with Crippen LogP contribution >= 0.6 is 0 Å². The van der Waals surface area contributed by atoms with E-state index in [1.807, 2.05) is 0 Å². The van der Waals surface area contributed by atoms with E-state index in [0.717, 1.165) is 12.8 Å². The maximum absolute atomic E-state index is 12.0. The molecule has 0 aliphatic heterocycles. The molecule has 0 N–H and O–H groups in total. The molecule has 1 rings (SSSR count). The van der Waals surface area contributed by atoms with E-state index in [4.69, 9.17) is 4.84 Å². The Labute approximate surface area is 113 Å². The van der Waals surface area contributed by atoms with Crippen LogP contribution in [0, 0.1) is 12.3 Å². The molecule has 0 spiro atoms. The molecule has 0 saturated heterocycles. The first-order valence-corrected chi connectivity index (χ1v) is 6.57. The minimum Gasteiger partial charge on any atom is -0.334 e. The van der Waals surface area contributed by atoms with Gasteiger partial charge in [0.15, 0.2) is 6.29 Å². The summed E-state index contributed by atoms with van der Waals surface area (Å²) in [5, 5.41) is 0. The molecule has 1 aromatic rings. The standard InChI is InChI=1S/C14H22N2O3/c1-6-7-8-12-15-10(2)11(9-17)16(12)19-13(18)14(3,4)5/h9H,6-8H2,1-5H3. The molecule has 106 valence electrons. The zero-order chi connectivity index (χ0) is 14.6. The number of aromatic nitrogens is 2. The van der Waals surface area contributed by atoms with E-state index in [-0.39, 0.29) is 5.97 Å². The second-order valence-electron chi connectivity index (χ2n) is 5.64. The Bertz CT molecular complexity index is 470. The number of imidazole rings is 1. The van der Waals surface area contributed by atoms with Crippen molar-refractivity contribution in [3.05, 3.63) is 17.2 Å². The number of carbonyl (C=O) groups excluding carboxylic acids is 2. The van der Waals surface area contributed by atoms with Gasteiger partial charge in [-0.05, 0) is 34.1 Å². The van der Waals surface area contributed by atoms with E-state index in [2.05, 4.69) is 11.9 Å². The summed E-state index contributed by atoms with van der Waals surface area (Å²) in [6, 6.07) is 0. The number of aryl methyl sites for hydroxylation is 2. The Morgan fingerprint density at radius 2 is 2.05 bits per heavy atom. The summed E-state index contributed by atoms with van der Waals surface area (Å²) in [6.07, 6.45) is 3.30. The number of hydrogen-bond donors (Lipinski definition) is 0. The molecule has 0 unspecified atom stereocenters. The maximum atomic E-state index is 12.0. The first kappa shape index (κ1) is 15.4. The topological polar surface area (TPSA) is 61.2 Å². The number of nitrogens with zero attached hydrogens (tertiary/aromatic N) is 2. The fourth-order valence-corrected chi connectivity index (χ4v) is 1.53. The van der Waals surface area contributed by atoms with Crippen molar-refractivity contribution in [2.75, 3.05) is 0 Å². The van der Waals surface area contributed by atoms with Crippen molar-refractivity contribution in [2.24, 2.45) is 5.41 Å². The molecule has 0 fully saturated rings. The zero-order valence-electron chi connectivity index (χ0n) is 12.3. The van der Waals surface area contributed by atoms with Crippen LogP contribution < -0.4 is 4.84 Å². The number of aldehydes is 1. The third-order valence-corrected chi connectivity index (χ3v) is 2.77. The molecule has 0 aliphatic rings. The van der Waals surface area contributed by atoms with E-state index >= 15 is 0 Å². The van der Waals surface area contributed by atoms with Crippen molar-refractivity contribution >= 4 is 12.3 Å². The van der Waals surface area contributed by atoms with Crippen molar-refractivity contribution in [1.29, 1.82) is 0 Å². The number of hydrogen-bond acceptors (Lipinski definition) is 4. The summed E-state index contributed by atoms with van der Waals surface area (Å²) in [4.78, 5) is 32.7. The summed E-state index contributed by atoms with van der Waals surface area (Å²) in [6.45, 7) is 9.12. The summed E-state index contributed by atoms with van der Waals surface area (Å²) in [5.74, 6) is 0.241. The van der Waals surface area contributed by atoms with Crippen LogP contribution in [0.15, 0.2) is 0 Å². The van der Waals surface area contributed by atoms with Gasteiger partial charge in [0.05, 0.1) is 11.1 Å². The first-order valence-electron chi connectivity index (χ1n) is 6.57. The molecular weight excluding hydrogens is 244 g/mol. The predicted molar refractivity (Wildman–Crippen MR) is 72.0 cm³/mol. The van der Waals surface area contributed by atoms with E-state index in [1.165, 1.54) is 4.73 Å². The number of carbonyl (C=O) groups is 2. The van der Waals surface area contributed by atoms with E-state index < -0.39 is 5.41 Å². The SMILES string of the molecule is CCCCc1nc(C)c(C=O)n1OC(=O)C(C)(C)C. The fraction of sp³-hybridized carbons (Fsp3) is 0.643. The van der Waals surface area contributed by atoms with Crippen LogP contribution in [0.5, 0.6) is 0 Å². The van der Waals surface area contributed by atoms with Crippen LogP contribution in [0.25, 0.3) is 0 Å². The molecule has 0 amide bonds. The summed E-state index contributed by atoms with van der Waals surface area (Å²) >= 11 is 0. The highest BCUT2D eigenvalue weighted by atomic mass is 16.7. The van der Waals surface area contributed by atoms with Crippen LogP contribution in [0.2, 0.25) is 0 Å². The number of rotatable bonds is 5. The fourth-order valence-electron chi connectivity index (χ4n) is 1.53. The Morgan fingerprint density at radius 1 is 1.42 bits per heavy atom. The van der Waals surface area contributed by atoms with Gasteiger partial charge in [-0.2, -0.15) is 4.73 Å². The van der Waals surface area contributed by atoms with Crippen LogP contribution in [0.1, 0.15) is 62.5 Å². The summed E-state index contributed by atoms with van der Waals surface area (Å²) in [5.41, 5.74) is 0.270. The van der Waals surface area contributed by atoms with Gasteiger partial charge in [0.2, 0.25) is 0 Å². The molecule has 19 heavy (non-hydrogen) atoms. The average molecular weight is 266 g/mol. The number of unbranched alkanes of at least 4 members (excludes halogenated alkanes) is 1. The Kier molecular flexibility index (Phi) is 4.86. The molecular formula is C14H22N2O3. The minimum atomic E-state index is -0.625. The molecule has 5 heteroatoms. The highest BCUT2D eigenvalue weighted by molar-refractivity contribution is 5.77. The van der Waals surface area contributed by atoms with E-state index in [9.17, 15) is 9.59 Å². The van der Waals surface area contributed by atoms with Gasteiger partial charge in [-0.3, -0.25) is 4.79 Å². The predicted octanol–water partition coefficient (Wildman–Crippen LogP) is 2.35. The van der Waals surface area contributed by atoms with Crippen molar-refractivity contribution < 1.29 is 14.4 Å². The van der Waals surface area contributed by atoms with Crippen molar-refractivity contribution in [2.45, 2.75) is 53.9 Å². The van der Waals surface area contributed by atoms with Crippen LogP contribution in [-0.2, 0) is 11.2 Å². The molecule has 0 atom stereocenters. The zero-order valence-corrected chi connectivity index (χ0v) is 12.3. The molecule has 0 bridgehead atoms. The lowest BCUT2D eigenvalue weighted by Gasteiger charge is -2.17. The maximum Gasteiger partial charge on any atom is 0.338 e. The molecule has 1 heterocycles. The van der Waals surface area contributed by atoms with Gasteiger partial charge in [-0.1, -0.05) is 13.3 Å². The molecule has 5 nitrogen and oxygen atoms in total. The third-order valence-electron chi connectivity index (χ3n) is 2.77. The highest BCUT2D eigenvalue weighted by Gasteiger charge is 2.26. The molecule has 0 aromatic carbocycles. The van der Waals surface area contributed by atoms with Gasteiger partial charge in [-0.15, -0.1) is 0 Å².